The second-order valence-electron chi connectivity index (χ2n) is 5.34. The second kappa shape index (κ2) is 6.24. The van der Waals surface area contributed by atoms with Gasteiger partial charge in [-0.1, -0.05) is 26.0 Å². The van der Waals surface area contributed by atoms with Gasteiger partial charge in [-0.25, -0.2) is 0 Å². The SMILES string of the molecule is CCC(C)N(CC)Cc1ccc2c(c1)CCCN2. The standard InChI is InChI=1S/C16H26N2/c1-4-13(3)18(5-2)12-14-8-9-16-15(11-14)7-6-10-17-16/h8-9,11,13,17H,4-7,10,12H2,1-3H3. The first-order valence-electron chi connectivity index (χ1n) is 7.34. The molecule has 1 aliphatic rings. The fourth-order valence-electron chi connectivity index (χ4n) is 2.70. The van der Waals surface area contributed by atoms with E-state index >= 15 is 0 Å². The van der Waals surface area contributed by atoms with Crippen LogP contribution in [0, 0.1) is 0 Å². The van der Waals surface area contributed by atoms with Crippen LogP contribution in [-0.4, -0.2) is 24.0 Å². The van der Waals surface area contributed by atoms with Gasteiger partial charge in [-0.05, 0) is 49.9 Å². The minimum Gasteiger partial charge on any atom is -0.385 e. The lowest BCUT2D eigenvalue weighted by Gasteiger charge is -2.27. The highest BCUT2D eigenvalue weighted by atomic mass is 15.1. The predicted octanol–water partition coefficient (Wildman–Crippen LogP) is 3.67. The molecule has 1 unspecified atom stereocenters. The third-order valence-corrected chi connectivity index (χ3v) is 4.11. The molecule has 1 aromatic carbocycles. The summed E-state index contributed by atoms with van der Waals surface area (Å²) in [4.78, 5) is 2.55. The molecule has 2 rings (SSSR count). The molecular weight excluding hydrogens is 220 g/mol. The van der Waals surface area contributed by atoms with Crippen molar-refractivity contribution < 1.29 is 0 Å². The minimum atomic E-state index is 0.671. The minimum absolute atomic E-state index is 0.671. The van der Waals surface area contributed by atoms with Crippen molar-refractivity contribution >= 4 is 5.69 Å². The van der Waals surface area contributed by atoms with Gasteiger partial charge in [0.2, 0.25) is 0 Å². The molecule has 100 valence electrons. The van der Waals surface area contributed by atoms with Gasteiger partial charge in [0.25, 0.3) is 0 Å². The molecule has 1 aliphatic heterocycles. The van der Waals surface area contributed by atoms with Gasteiger partial charge in [-0.2, -0.15) is 0 Å². The van der Waals surface area contributed by atoms with Crippen LogP contribution in [0.15, 0.2) is 18.2 Å². The highest BCUT2D eigenvalue weighted by molar-refractivity contribution is 5.54. The fraction of sp³-hybridized carbons (Fsp3) is 0.625. The Morgan fingerprint density at radius 3 is 2.89 bits per heavy atom. The Kier molecular flexibility index (Phi) is 4.65. The molecule has 1 heterocycles. The van der Waals surface area contributed by atoms with E-state index in [0.717, 1.165) is 19.6 Å². The van der Waals surface area contributed by atoms with Crippen molar-refractivity contribution in [1.82, 2.24) is 4.90 Å². The van der Waals surface area contributed by atoms with E-state index < -0.39 is 0 Å². The Morgan fingerprint density at radius 1 is 1.33 bits per heavy atom. The Bertz CT molecular complexity index is 387. The van der Waals surface area contributed by atoms with E-state index in [4.69, 9.17) is 0 Å². The van der Waals surface area contributed by atoms with Crippen LogP contribution in [0.2, 0.25) is 0 Å². The molecule has 0 fully saturated rings. The van der Waals surface area contributed by atoms with Crippen molar-refractivity contribution in [3.63, 3.8) is 0 Å². The fourth-order valence-corrected chi connectivity index (χ4v) is 2.70. The van der Waals surface area contributed by atoms with Gasteiger partial charge in [-0.15, -0.1) is 0 Å². The number of nitrogens with one attached hydrogen (secondary N) is 1. The van der Waals surface area contributed by atoms with E-state index in [9.17, 15) is 0 Å². The number of aryl methyl sites for hydroxylation is 1. The van der Waals surface area contributed by atoms with E-state index in [1.54, 1.807) is 0 Å². The normalized spacial score (nSPS) is 16.2. The topological polar surface area (TPSA) is 15.3 Å². The van der Waals surface area contributed by atoms with Gasteiger partial charge in [-0.3, -0.25) is 4.90 Å². The average Bonchev–Trinajstić information content (AvgIpc) is 2.43. The molecule has 0 amide bonds. The number of benzene rings is 1. The van der Waals surface area contributed by atoms with Crippen molar-refractivity contribution in [1.29, 1.82) is 0 Å². The lowest BCUT2D eigenvalue weighted by atomic mass is 10.0. The quantitative estimate of drug-likeness (QED) is 0.853. The first-order valence-corrected chi connectivity index (χ1v) is 7.34. The first kappa shape index (κ1) is 13.4. The Hall–Kier alpha value is -1.02. The Morgan fingerprint density at radius 2 is 2.17 bits per heavy atom. The van der Waals surface area contributed by atoms with E-state index in [0.29, 0.717) is 6.04 Å². The van der Waals surface area contributed by atoms with Gasteiger partial charge in [0.05, 0.1) is 0 Å². The van der Waals surface area contributed by atoms with Crippen LogP contribution in [-0.2, 0) is 13.0 Å². The largest absolute Gasteiger partial charge is 0.385 e. The van der Waals surface area contributed by atoms with Gasteiger partial charge >= 0.3 is 0 Å². The zero-order chi connectivity index (χ0) is 13.0. The van der Waals surface area contributed by atoms with Crippen LogP contribution in [0.25, 0.3) is 0 Å². The van der Waals surface area contributed by atoms with Gasteiger partial charge in [0, 0.05) is 24.8 Å². The lowest BCUT2D eigenvalue weighted by molar-refractivity contribution is 0.206. The van der Waals surface area contributed by atoms with Crippen molar-refractivity contribution in [3.05, 3.63) is 29.3 Å². The number of rotatable bonds is 5. The van der Waals surface area contributed by atoms with Crippen molar-refractivity contribution in [3.8, 4) is 0 Å². The zero-order valence-corrected chi connectivity index (χ0v) is 12.0. The van der Waals surface area contributed by atoms with Crippen LogP contribution in [0.1, 0.15) is 44.7 Å². The van der Waals surface area contributed by atoms with E-state index in [2.05, 4.69) is 49.2 Å². The monoisotopic (exact) mass is 246 g/mol. The number of fused-ring (bicyclic) bond motifs is 1. The number of nitrogens with zero attached hydrogens (tertiary/aromatic N) is 1. The average molecular weight is 246 g/mol. The summed E-state index contributed by atoms with van der Waals surface area (Å²) >= 11 is 0. The Labute approximate surface area is 111 Å². The summed E-state index contributed by atoms with van der Waals surface area (Å²) in [5, 5.41) is 3.48. The van der Waals surface area contributed by atoms with Crippen LogP contribution in [0.5, 0.6) is 0 Å². The van der Waals surface area contributed by atoms with Crippen LogP contribution in [0.3, 0.4) is 0 Å². The highest BCUT2D eigenvalue weighted by Crippen LogP contribution is 2.23. The maximum atomic E-state index is 3.48. The third kappa shape index (κ3) is 3.05. The van der Waals surface area contributed by atoms with Crippen molar-refractivity contribution in [2.24, 2.45) is 0 Å². The molecule has 18 heavy (non-hydrogen) atoms. The molecule has 0 bridgehead atoms. The molecule has 1 N–H and O–H groups in total. The molecular formula is C16H26N2. The molecule has 0 radical (unpaired) electrons. The van der Waals surface area contributed by atoms with Gasteiger partial charge < -0.3 is 5.32 Å². The summed E-state index contributed by atoms with van der Waals surface area (Å²) in [6.07, 6.45) is 3.71. The van der Waals surface area contributed by atoms with Crippen LogP contribution in [0.4, 0.5) is 5.69 Å². The predicted molar refractivity (Wildman–Crippen MR) is 79.1 cm³/mol. The molecule has 0 aliphatic carbocycles. The summed E-state index contributed by atoms with van der Waals surface area (Å²) in [6, 6.07) is 7.60. The van der Waals surface area contributed by atoms with Crippen molar-refractivity contribution in [2.45, 2.75) is 52.6 Å². The molecule has 1 aromatic rings. The molecule has 0 aromatic heterocycles. The number of hydrogen-bond acceptors (Lipinski definition) is 2. The van der Waals surface area contributed by atoms with Gasteiger partial charge in [0.1, 0.15) is 0 Å². The lowest BCUT2D eigenvalue weighted by Crippen LogP contribution is -2.31. The number of hydrogen-bond donors (Lipinski definition) is 1. The van der Waals surface area contributed by atoms with Crippen LogP contribution < -0.4 is 5.32 Å². The van der Waals surface area contributed by atoms with E-state index in [1.165, 1.54) is 36.1 Å². The second-order valence-corrected chi connectivity index (χ2v) is 5.34. The van der Waals surface area contributed by atoms with Crippen LogP contribution >= 0.6 is 0 Å². The Balaban J connectivity index is 2.09. The molecule has 0 spiro atoms. The van der Waals surface area contributed by atoms with E-state index in [-0.39, 0.29) is 0 Å². The zero-order valence-electron chi connectivity index (χ0n) is 12.0. The number of anilines is 1. The van der Waals surface area contributed by atoms with Crippen molar-refractivity contribution in [2.75, 3.05) is 18.4 Å². The highest BCUT2D eigenvalue weighted by Gasteiger charge is 2.13. The maximum absolute atomic E-state index is 3.48. The van der Waals surface area contributed by atoms with E-state index in [1.807, 2.05) is 0 Å². The summed E-state index contributed by atoms with van der Waals surface area (Å²) < 4.78 is 0. The van der Waals surface area contributed by atoms with Gasteiger partial charge in [0.15, 0.2) is 0 Å². The summed E-state index contributed by atoms with van der Waals surface area (Å²) in [5.41, 5.74) is 4.30. The summed E-state index contributed by atoms with van der Waals surface area (Å²) in [7, 11) is 0. The maximum Gasteiger partial charge on any atom is 0.0372 e. The molecule has 0 saturated heterocycles. The molecule has 1 atom stereocenters. The molecule has 0 saturated carbocycles. The first-order chi connectivity index (χ1) is 8.74. The smallest absolute Gasteiger partial charge is 0.0372 e. The third-order valence-electron chi connectivity index (χ3n) is 4.11. The summed E-state index contributed by atoms with van der Waals surface area (Å²) in [5.74, 6) is 0. The summed E-state index contributed by atoms with van der Waals surface area (Å²) in [6.45, 7) is 10.2. The molecule has 2 nitrogen and oxygen atoms in total. The molecule has 2 heteroatoms.